The molecule has 0 aliphatic carbocycles. The molecule has 0 aliphatic rings. The Balaban J connectivity index is 3.88. The summed E-state index contributed by atoms with van der Waals surface area (Å²) < 4.78 is 0. The van der Waals surface area contributed by atoms with Crippen LogP contribution in [0.5, 0.6) is 0 Å². The van der Waals surface area contributed by atoms with Gasteiger partial charge in [0.05, 0.1) is 0 Å². The summed E-state index contributed by atoms with van der Waals surface area (Å²) in [6.45, 7) is 14.3. The molecular formula is C8H20Si. The van der Waals surface area contributed by atoms with Gasteiger partial charge in [-0.15, -0.1) is 0 Å². The lowest BCUT2D eigenvalue weighted by molar-refractivity contribution is 0.718. The molecule has 0 aliphatic heterocycles. The van der Waals surface area contributed by atoms with Gasteiger partial charge in [-0.1, -0.05) is 46.7 Å². The van der Waals surface area contributed by atoms with E-state index in [-0.39, 0.29) is 0 Å². The van der Waals surface area contributed by atoms with E-state index in [1.165, 1.54) is 0 Å². The molecule has 0 aromatic heterocycles. The summed E-state index contributed by atoms with van der Waals surface area (Å²) in [4.78, 5) is 0. The van der Waals surface area contributed by atoms with Gasteiger partial charge < -0.3 is 0 Å². The molecule has 1 unspecified atom stereocenters. The maximum Gasteiger partial charge on any atom is 0.0417 e. The van der Waals surface area contributed by atoms with Gasteiger partial charge in [0.1, 0.15) is 0 Å². The molecule has 0 N–H and O–H groups in total. The topological polar surface area (TPSA) is 0 Å². The third kappa shape index (κ3) is 3.04. The van der Waals surface area contributed by atoms with Gasteiger partial charge in [0, 0.05) is 8.80 Å². The highest BCUT2D eigenvalue weighted by atomic mass is 28.3. The molecule has 9 heavy (non-hydrogen) atoms. The van der Waals surface area contributed by atoms with E-state index in [4.69, 9.17) is 0 Å². The number of rotatable bonds is 1. The van der Waals surface area contributed by atoms with Crippen molar-refractivity contribution in [1.82, 2.24) is 0 Å². The smallest absolute Gasteiger partial charge is 0.0417 e. The molecule has 0 saturated carbocycles. The Labute approximate surface area is 61.3 Å². The summed E-state index contributed by atoms with van der Waals surface area (Å²) in [5.41, 5.74) is 0.949. The second-order valence-electron chi connectivity index (χ2n) is 4.40. The van der Waals surface area contributed by atoms with Crippen LogP contribution in [0.15, 0.2) is 0 Å². The van der Waals surface area contributed by atoms with Gasteiger partial charge in [-0.05, 0) is 5.04 Å². The van der Waals surface area contributed by atoms with Gasteiger partial charge in [-0.3, -0.25) is 0 Å². The highest BCUT2D eigenvalue weighted by molar-refractivity contribution is 6.62. The maximum atomic E-state index is 2.46. The molecule has 0 heterocycles. The van der Waals surface area contributed by atoms with Crippen molar-refractivity contribution < 1.29 is 0 Å². The van der Waals surface area contributed by atoms with Gasteiger partial charge >= 0.3 is 0 Å². The molecule has 0 aromatic carbocycles. The fraction of sp³-hybridized carbons (Fsp3) is 1.00. The lowest BCUT2D eigenvalue weighted by atomic mass is 10.2. The molecule has 0 saturated heterocycles. The Kier molecular flexibility index (Phi) is 2.94. The molecule has 56 valence electrons. The molecular weight excluding hydrogens is 124 g/mol. The van der Waals surface area contributed by atoms with Gasteiger partial charge in [-0.2, -0.15) is 0 Å². The maximum absolute atomic E-state index is 2.46. The van der Waals surface area contributed by atoms with Crippen molar-refractivity contribution >= 4 is 8.80 Å². The van der Waals surface area contributed by atoms with Crippen LogP contribution in [0.3, 0.4) is 0 Å². The van der Waals surface area contributed by atoms with Crippen LogP contribution in [0.4, 0.5) is 0 Å². The second-order valence-corrected chi connectivity index (χ2v) is 9.04. The molecule has 0 amide bonds. The lowest BCUT2D eigenvalue weighted by Gasteiger charge is -2.28. The molecule has 0 bridgehead atoms. The van der Waals surface area contributed by atoms with Crippen molar-refractivity contribution in [1.29, 1.82) is 0 Å². The van der Waals surface area contributed by atoms with Gasteiger partial charge in [-0.25, -0.2) is 0 Å². The number of hydrogen-bond acceptors (Lipinski definition) is 0. The first-order chi connectivity index (χ1) is 3.85. The summed E-state index contributed by atoms with van der Waals surface area (Å²) >= 11 is 0. The Hall–Kier alpha value is 0.217. The predicted octanol–water partition coefficient (Wildman–Crippen LogP) is 3.05. The average Bonchev–Trinajstić information content (AvgIpc) is 1.62. The van der Waals surface area contributed by atoms with Gasteiger partial charge in [0.15, 0.2) is 0 Å². The lowest BCUT2D eigenvalue weighted by Crippen LogP contribution is -2.24. The van der Waals surface area contributed by atoms with E-state index >= 15 is 0 Å². The minimum atomic E-state index is -0.464. The first kappa shape index (κ1) is 9.22. The number of hydrogen-bond donors (Lipinski definition) is 0. The molecule has 0 rings (SSSR count). The normalized spacial score (nSPS) is 16.3. The van der Waals surface area contributed by atoms with Crippen LogP contribution < -0.4 is 0 Å². The van der Waals surface area contributed by atoms with Crippen LogP contribution in [-0.4, -0.2) is 8.80 Å². The van der Waals surface area contributed by atoms with Crippen molar-refractivity contribution in [3.63, 3.8) is 0 Å². The zero-order chi connectivity index (χ0) is 7.65. The molecule has 0 fully saturated rings. The van der Waals surface area contributed by atoms with Crippen LogP contribution in [0.25, 0.3) is 0 Å². The highest BCUT2D eigenvalue weighted by Gasteiger charge is 2.23. The highest BCUT2D eigenvalue weighted by Crippen LogP contribution is 2.32. The summed E-state index contributed by atoms with van der Waals surface area (Å²) in [7, 11) is -0.464. The molecule has 0 aromatic rings. The predicted molar refractivity (Wildman–Crippen MR) is 47.8 cm³/mol. The van der Waals surface area contributed by atoms with Crippen molar-refractivity contribution in [2.75, 3.05) is 0 Å². The van der Waals surface area contributed by atoms with E-state index in [2.05, 4.69) is 41.2 Å². The second kappa shape index (κ2) is 2.87. The summed E-state index contributed by atoms with van der Waals surface area (Å²) in [5.74, 6) is 0. The van der Waals surface area contributed by atoms with Gasteiger partial charge in [0.2, 0.25) is 0 Å². The van der Waals surface area contributed by atoms with Crippen molar-refractivity contribution in [3.8, 4) is 0 Å². The third-order valence-electron chi connectivity index (χ3n) is 2.37. The Morgan fingerprint density at radius 1 is 1.11 bits per heavy atom. The van der Waals surface area contributed by atoms with E-state index in [9.17, 15) is 0 Å². The fourth-order valence-corrected chi connectivity index (χ4v) is 3.00. The molecule has 0 nitrogen and oxygen atoms in total. The average molecular weight is 144 g/mol. The van der Waals surface area contributed by atoms with Crippen molar-refractivity contribution in [2.45, 2.75) is 51.7 Å². The van der Waals surface area contributed by atoms with Gasteiger partial charge in [0.25, 0.3) is 0 Å². The standard InChI is InChI=1S/C8H20Si/c1-7(2)9(6)8(3,4)5/h7,9H,1-6H3. The zero-order valence-corrected chi connectivity index (χ0v) is 8.81. The molecule has 0 spiro atoms. The minimum Gasteiger partial charge on any atom is -0.0714 e. The largest absolute Gasteiger partial charge is 0.0714 e. The van der Waals surface area contributed by atoms with E-state index in [1.54, 1.807) is 0 Å². The Morgan fingerprint density at radius 3 is 1.44 bits per heavy atom. The summed E-state index contributed by atoms with van der Waals surface area (Å²) in [6, 6.07) is 0. The van der Waals surface area contributed by atoms with Crippen molar-refractivity contribution in [3.05, 3.63) is 0 Å². The van der Waals surface area contributed by atoms with Crippen LogP contribution in [0, 0.1) is 0 Å². The van der Waals surface area contributed by atoms with E-state index < -0.39 is 8.80 Å². The minimum absolute atomic E-state index is 0.464. The fourth-order valence-electron chi connectivity index (χ4n) is 1.00. The monoisotopic (exact) mass is 144 g/mol. The zero-order valence-electron chi connectivity index (χ0n) is 7.65. The molecule has 0 radical (unpaired) electrons. The third-order valence-corrected chi connectivity index (χ3v) is 7.10. The van der Waals surface area contributed by atoms with E-state index in [0.717, 1.165) is 5.54 Å². The quantitative estimate of drug-likeness (QED) is 0.496. The van der Waals surface area contributed by atoms with Crippen molar-refractivity contribution in [2.24, 2.45) is 0 Å². The SMILES string of the molecule is CC(C)[SiH](C)C(C)(C)C. The summed E-state index contributed by atoms with van der Waals surface area (Å²) in [6.07, 6.45) is 0. The van der Waals surface area contributed by atoms with Crippen LogP contribution >= 0.6 is 0 Å². The Morgan fingerprint density at radius 2 is 1.44 bits per heavy atom. The molecule has 1 atom stereocenters. The van der Waals surface area contributed by atoms with E-state index in [0.29, 0.717) is 5.04 Å². The summed E-state index contributed by atoms with van der Waals surface area (Å²) in [5, 5.41) is 0.619. The molecule has 1 heteroatoms. The Bertz CT molecular complexity index is 79.1. The first-order valence-electron chi connectivity index (χ1n) is 3.85. The van der Waals surface area contributed by atoms with E-state index in [1.807, 2.05) is 0 Å². The first-order valence-corrected chi connectivity index (χ1v) is 6.25. The van der Waals surface area contributed by atoms with Crippen LogP contribution in [-0.2, 0) is 0 Å². The van der Waals surface area contributed by atoms with Crippen LogP contribution in [0.2, 0.25) is 17.1 Å². The van der Waals surface area contributed by atoms with Crippen LogP contribution in [0.1, 0.15) is 34.6 Å².